The molecule has 3 heterocycles. The van der Waals surface area contributed by atoms with Crippen molar-refractivity contribution in [1.29, 1.82) is 0 Å². The number of anilines is 3. The molecule has 6 amide bonds. The van der Waals surface area contributed by atoms with E-state index < -0.39 is 11.8 Å². The number of urea groups is 1. The van der Waals surface area contributed by atoms with E-state index in [4.69, 9.17) is 5.73 Å². The number of rotatable bonds is 21. The van der Waals surface area contributed by atoms with Crippen molar-refractivity contribution >= 4 is 46.7 Å². The summed E-state index contributed by atoms with van der Waals surface area (Å²) >= 11 is 0. The predicted octanol–water partition coefficient (Wildman–Crippen LogP) is 9.42. The molecular formula is C50H105N13O5. The maximum absolute atomic E-state index is 13.4. The van der Waals surface area contributed by atoms with Crippen LogP contribution in [-0.2, 0) is 25.6 Å². The van der Waals surface area contributed by atoms with Crippen molar-refractivity contribution in [3.63, 3.8) is 0 Å². The van der Waals surface area contributed by atoms with Gasteiger partial charge in [-0.25, -0.2) is 4.79 Å². The molecule has 3 rings (SSSR count). The van der Waals surface area contributed by atoms with E-state index >= 15 is 0 Å². The molecule has 0 aliphatic carbocycles. The van der Waals surface area contributed by atoms with Gasteiger partial charge in [0.1, 0.15) is 17.1 Å². The zero-order chi connectivity index (χ0) is 52.0. The highest BCUT2D eigenvalue weighted by molar-refractivity contribution is 6.07. The van der Waals surface area contributed by atoms with Crippen molar-refractivity contribution < 1.29 is 24.0 Å². The summed E-state index contributed by atoms with van der Waals surface area (Å²) in [5.41, 5.74) is 11.9. The number of aryl methyl sites for hydroxylation is 2. The molecule has 68 heavy (non-hydrogen) atoms. The second-order valence-corrected chi connectivity index (χ2v) is 13.3. The van der Waals surface area contributed by atoms with Crippen LogP contribution in [0.25, 0.3) is 0 Å². The number of nitrogens with zero attached hydrogens (tertiary/aromatic N) is 4. The average Bonchev–Trinajstić information content (AvgIpc) is 4.03. The van der Waals surface area contributed by atoms with Gasteiger partial charge in [0.25, 0.3) is 17.7 Å². The second kappa shape index (κ2) is 52.8. The minimum absolute atomic E-state index is 0. The minimum Gasteiger partial charge on any atom is -0.351 e. The SMILES string of the molecule is C.C.CC.CC.CC.CC.CC.CCCCCN.CCCCCNC(=O)NCNCn1cc(NC(C)=O)cc1C(=O)Nc1cc(C(=O)Nc2cc(C(=O)NCCCN(C)C)n(C)c2)n(C)c1.CN. The second-order valence-electron chi connectivity index (χ2n) is 13.3. The largest absolute Gasteiger partial charge is 0.351 e. The summed E-state index contributed by atoms with van der Waals surface area (Å²) in [6, 6.07) is 4.39. The van der Waals surface area contributed by atoms with E-state index in [2.05, 4.69) is 56.8 Å². The fraction of sp³-hybridized carbons (Fsp3) is 0.660. The molecule has 18 heteroatoms. The third kappa shape index (κ3) is 35.9. The molecule has 0 fully saturated rings. The summed E-state index contributed by atoms with van der Waals surface area (Å²) in [6.45, 7) is 28.8. The van der Waals surface area contributed by atoms with Gasteiger partial charge in [-0.2, -0.15) is 0 Å². The van der Waals surface area contributed by atoms with E-state index in [0.717, 1.165) is 38.8 Å². The van der Waals surface area contributed by atoms with Gasteiger partial charge in [-0.3, -0.25) is 24.5 Å². The molecule has 0 aromatic carbocycles. The number of nitrogens with one attached hydrogen (secondary N) is 7. The van der Waals surface area contributed by atoms with Gasteiger partial charge in [-0.15, -0.1) is 0 Å². The van der Waals surface area contributed by atoms with Crippen molar-refractivity contribution in [1.82, 2.24) is 39.9 Å². The van der Waals surface area contributed by atoms with Gasteiger partial charge in [0.15, 0.2) is 0 Å². The van der Waals surface area contributed by atoms with E-state index in [0.29, 0.717) is 35.8 Å². The molecule has 3 aromatic rings. The predicted molar refractivity (Wildman–Crippen MR) is 294 cm³/mol. The van der Waals surface area contributed by atoms with Crippen LogP contribution in [0, 0.1) is 0 Å². The van der Waals surface area contributed by atoms with Crippen LogP contribution in [0.5, 0.6) is 0 Å². The van der Waals surface area contributed by atoms with Gasteiger partial charge in [0.2, 0.25) is 5.91 Å². The normalized spacial score (nSPS) is 9.01. The summed E-state index contributed by atoms with van der Waals surface area (Å²) in [7, 11) is 8.85. The molecule has 0 saturated heterocycles. The minimum atomic E-state index is -0.475. The van der Waals surface area contributed by atoms with E-state index in [9.17, 15) is 24.0 Å². The van der Waals surface area contributed by atoms with Crippen molar-refractivity contribution in [2.45, 2.75) is 156 Å². The molecule has 400 valence electrons. The number of carbonyl (C=O) groups is 5. The van der Waals surface area contributed by atoms with E-state index in [1.807, 2.05) is 88.2 Å². The maximum atomic E-state index is 13.4. The Morgan fingerprint density at radius 2 is 1.00 bits per heavy atom. The van der Waals surface area contributed by atoms with E-state index in [-0.39, 0.29) is 57.4 Å². The first-order valence-electron chi connectivity index (χ1n) is 24.2. The average molecular weight is 968 g/mol. The third-order valence-electron chi connectivity index (χ3n) is 8.04. The Hall–Kier alpha value is -5.17. The van der Waals surface area contributed by atoms with E-state index in [1.165, 1.54) is 45.4 Å². The topological polar surface area (TPSA) is 240 Å². The Kier molecular flexibility index (Phi) is 59.8. The van der Waals surface area contributed by atoms with Gasteiger partial charge in [0, 0.05) is 52.7 Å². The zero-order valence-electron chi connectivity index (χ0n) is 44.6. The summed E-state index contributed by atoms with van der Waals surface area (Å²) < 4.78 is 4.82. The van der Waals surface area contributed by atoms with Crippen LogP contribution >= 0.6 is 0 Å². The Morgan fingerprint density at radius 3 is 1.44 bits per heavy atom. The standard InChI is InChI=1S/C32H49N11O5.C5H13N.5C2H6.CH5N.2CH4/c1-7-8-9-11-35-32(48)36-20-33-21-43-19-25(37-22(2)44)16-28(43)31(47)39-24-15-27(42(6)18-24)30(46)38-23-14-26(41(5)17-23)29(45)34-12-10-13-40(3)4;1-2-3-4-5-6;6*1-2;;/h14-19,33H,7-13,20-21H2,1-6H3,(H,34,45)(H,37,44)(H,38,46)(H,39,47)(H2,35,36,48);2-6H2,1H3;5*1-2H3;2H2,1H3;2*1H4. The molecule has 11 N–H and O–H groups in total. The number of nitrogens with two attached hydrogens (primary N) is 2. The van der Waals surface area contributed by atoms with Gasteiger partial charge < -0.3 is 62.0 Å². The van der Waals surface area contributed by atoms with Crippen LogP contribution in [0.3, 0.4) is 0 Å². The number of unbranched alkanes of at least 4 members (excludes halogenated alkanes) is 4. The van der Waals surface area contributed by atoms with Gasteiger partial charge in [-0.1, -0.05) is 124 Å². The molecule has 0 unspecified atom stereocenters. The Labute approximate surface area is 415 Å². The fourth-order valence-corrected chi connectivity index (χ4v) is 5.25. The molecule has 0 atom stereocenters. The van der Waals surface area contributed by atoms with E-state index in [1.54, 1.807) is 52.5 Å². The first-order valence-corrected chi connectivity index (χ1v) is 24.2. The lowest BCUT2D eigenvalue weighted by Crippen LogP contribution is -2.41. The smallest absolute Gasteiger partial charge is 0.315 e. The quantitative estimate of drug-likeness (QED) is 0.0364. The molecule has 3 aromatic heterocycles. The summed E-state index contributed by atoms with van der Waals surface area (Å²) in [4.78, 5) is 64.8. The number of aromatic nitrogens is 3. The number of hydrogen-bond donors (Lipinski definition) is 9. The van der Waals surface area contributed by atoms with Crippen molar-refractivity contribution in [3.05, 3.63) is 53.9 Å². The first-order chi connectivity index (χ1) is 31.8. The Balaban J connectivity index is -0.000000326. The fourth-order valence-electron chi connectivity index (χ4n) is 5.25. The van der Waals surface area contributed by atoms with Crippen molar-refractivity contribution in [2.24, 2.45) is 25.6 Å². The maximum Gasteiger partial charge on any atom is 0.315 e. The number of carbonyl (C=O) groups excluding carboxylic acids is 5. The summed E-state index contributed by atoms with van der Waals surface area (Å²) in [5, 5.41) is 19.7. The van der Waals surface area contributed by atoms with Crippen LogP contribution in [0.2, 0.25) is 0 Å². The van der Waals surface area contributed by atoms with Gasteiger partial charge >= 0.3 is 6.03 Å². The monoisotopic (exact) mass is 968 g/mol. The summed E-state index contributed by atoms with van der Waals surface area (Å²) in [6.07, 6.45) is 12.4. The molecule has 0 radical (unpaired) electrons. The number of amides is 6. The zero-order valence-corrected chi connectivity index (χ0v) is 44.6. The van der Waals surface area contributed by atoms with Crippen LogP contribution in [-0.4, -0.2) is 102 Å². The van der Waals surface area contributed by atoms with Gasteiger partial charge in [0.05, 0.1) is 30.4 Å². The van der Waals surface area contributed by atoms with Crippen LogP contribution < -0.4 is 48.7 Å². The highest BCUT2D eigenvalue weighted by Gasteiger charge is 2.19. The molecule has 0 spiro atoms. The molecule has 0 aliphatic rings. The molecule has 0 aliphatic heterocycles. The number of hydrogen-bond acceptors (Lipinski definition) is 9. The highest BCUT2D eigenvalue weighted by atomic mass is 16.2. The highest BCUT2D eigenvalue weighted by Crippen LogP contribution is 2.20. The summed E-state index contributed by atoms with van der Waals surface area (Å²) in [5.74, 6) is -1.43. The Morgan fingerprint density at radius 1 is 0.574 bits per heavy atom. The van der Waals surface area contributed by atoms with Crippen LogP contribution in [0.15, 0.2) is 36.8 Å². The lowest BCUT2D eigenvalue weighted by atomic mass is 10.2. The van der Waals surface area contributed by atoms with Crippen LogP contribution in [0.4, 0.5) is 21.9 Å². The molecule has 0 bridgehead atoms. The molecule has 0 saturated carbocycles. The third-order valence-corrected chi connectivity index (χ3v) is 8.04. The Bertz CT molecular complexity index is 1650. The molecule has 18 nitrogen and oxygen atoms in total. The van der Waals surface area contributed by atoms with Crippen molar-refractivity contribution in [2.75, 3.05) is 69.9 Å². The lowest BCUT2D eigenvalue weighted by Gasteiger charge is -2.12. The van der Waals surface area contributed by atoms with Gasteiger partial charge in [-0.05, 0) is 71.7 Å². The first kappa shape index (κ1) is 77.1. The lowest BCUT2D eigenvalue weighted by molar-refractivity contribution is -0.114. The van der Waals surface area contributed by atoms with Crippen LogP contribution in [0.1, 0.15) is 181 Å². The molecular weight excluding hydrogens is 863 g/mol. The van der Waals surface area contributed by atoms with Crippen molar-refractivity contribution in [3.8, 4) is 0 Å².